The molecule has 0 aliphatic carbocycles. The third-order valence-corrected chi connectivity index (χ3v) is 11.7. The third kappa shape index (κ3) is 7.92. The molecule has 0 saturated heterocycles. The van der Waals surface area contributed by atoms with Gasteiger partial charge in [-0.25, -0.2) is 28.0 Å². The van der Waals surface area contributed by atoms with Gasteiger partial charge in [0.1, 0.15) is 34.6 Å². The standard InChI is InChI=1S/C58H40F2O8/c1-29(2)55(61)65-49-13-9-11-33-23-45-43(27-41(33)49)37(19-21-51(45)67-57(63)31(5)6)35-15-17-39-47(25-35)53(59)40-18-16-36(26-48(40)54(39)60)38-20-22-52(68-58(64)32(7)8)46-24-34-12-10-14-50(42(34)28-44(38)46)66-56(62)30(3)4/h9-28H,1,3,5,7H2,2,4,6,8H3. The van der Waals surface area contributed by atoms with Crippen molar-refractivity contribution in [2.24, 2.45) is 0 Å². The Hall–Kier alpha value is -8.76. The Labute approximate surface area is 388 Å². The maximum absolute atomic E-state index is 17.0. The highest BCUT2D eigenvalue weighted by atomic mass is 19.1. The lowest BCUT2D eigenvalue weighted by Gasteiger charge is -2.16. The van der Waals surface area contributed by atoms with Crippen molar-refractivity contribution < 1.29 is 46.9 Å². The van der Waals surface area contributed by atoms with Gasteiger partial charge in [0.05, 0.1) is 0 Å². The first-order valence-corrected chi connectivity index (χ1v) is 21.3. The van der Waals surface area contributed by atoms with E-state index >= 15 is 8.78 Å². The number of benzene rings is 9. The molecular formula is C58H40F2O8. The second-order valence-electron chi connectivity index (χ2n) is 16.8. The van der Waals surface area contributed by atoms with E-state index in [2.05, 4.69) is 26.3 Å². The van der Waals surface area contributed by atoms with Crippen LogP contribution in [0.3, 0.4) is 0 Å². The Morgan fingerprint density at radius 3 is 1.03 bits per heavy atom. The Balaban J connectivity index is 1.21. The topological polar surface area (TPSA) is 105 Å². The van der Waals surface area contributed by atoms with Crippen LogP contribution in [0.2, 0.25) is 0 Å². The van der Waals surface area contributed by atoms with E-state index in [0.29, 0.717) is 65.3 Å². The molecule has 10 heteroatoms. The van der Waals surface area contributed by atoms with Crippen molar-refractivity contribution in [2.75, 3.05) is 0 Å². The first kappa shape index (κ1) is 44.4. The van der Waals surface area contributed by atoms with Crippen molar-refractivity contribution in [3.63, 3.8) is 0 Å². The molecule has 0 saturated carbocycles. The molecule has 0 radical (unpaired) electrons. The van der Waals surface area contributed by atoms with Crippen LogP contribution < -0.4 is 18.9 Å². The number of halogens is 2. The lowest BCUT2D eigenvalue weighted by molar-refractivity contribution is -0.130. The van der Waals surface area contributed by atoms with Crippen molar-refractivity contribution in [1.82, 2.24) is 0 Å². The number of fused-ring (bicyclic) bond motifs is 6. The van der Waals surface area contributed by atoms with E-state index in [1.165, 1.54) is 12.1 Å². The number of hydrogen-bond acceptors (Lipinski definition) is 8. The van der Waals surface area contributed by atoms with Gasteiger partial charge in [-0.05, 0) is 132 Å². The van der Waals surface area contributed by atoms with E-state index in [-0.39, 0.29) is 66.8 Å². The van der Waals surface area contributed by atoms with Gasteiger partial charge in [-0.15, -0.1) is 0 Å². The molecule has 0 fully saturated rings. The molecule has 9 aromatic rings. The second kappa shape index (κ2) is 17.2. The summed E-state index contributed by atoms with van der Waals surface area (Å²) < 4.78 is 56.9. The summed E-state index contributed by atoms with van der Waals surface area (Å²) >= 11 is 0. The summed E-state index contributed by atoms with van der Waals surface area (Å²) in [6, 6.07) is 34.0. The number of rotatable bonds is 10. The summed E-state index contributed by atoms with van der Waals surface area (Å²) in [5, 5.41) is 4.89. The lowest BCUT2D eigenvalue weighted by atomic mass is 9.91. The van der Waals surface area contributed by atoms with Gasteiger partial charge in [0.2, 0.25) is 0 Å². The van der Waals surface area contributed by atoms with Crippen LogP contribution in [0.4, 0.5) is 8.78 Å². The number of carbonyl (C=O) groups is 4. The molecule has 0 atom stereocenters. The highest BCUT2D eigenvalue weighted by Gasteiger charge is 2.22. The SMILES string of the molecule is C=C(C)C(=O)Oc1cccc2cc3c(OC(=O)C(=C)C)ccc(-c4ccc5c(F)c6cc(-c7ccc(OC(=O)C(=C)C)c8cc9cccc(OC(=O)C(=C)C)c9cc78)ccc6c(F)c5c4)c3cc12. The Morgan fingerprint density at radius 2 is 0.691 bits per heavy atom. The number of carbonyl (C=O) groups excluding carboxylic acids is 4. The van der Waals surface area contributed by atoms with E-state index < -0.39 is 35.5 Å². The summed E-state index contributed by atoms with van der Waals surface area (Å²) in [4.78, 5) is 50.8. The van der Waals surface area contributed by atoms with Crippen molar-refractivity contribution in [3.05, 3.63) is 182 Å². The van der Waals surface area contributed by atoms with Crippen molar-refractivity contribution in [3.8, 4) is 45.3 Å². The largest absolute Gasteiger partial charge is 0.423 e. The number of ether oxygens (including phenoxy) is 4. The van der Waals surface area contributed by atoms with Gasteiger partial charge in [0.25, 0.3) is 0 Å². The van der Waals surface area contributed by atoms with Gasteiger partial charge in [-0.1, -0.05) is 87.0 Å². The first-order chi connectivity index (χ1) is 32.5. The predicted molar refractivity (Wildman–Crippen MR) is 264 cm³/mol. The summed E-state index contributed by atoms with van der Waals surface area (Å²) in [7, 11) is 0. The van der Waals surface area contributed by atoms with E-state index in [1.54, 1.807) is 113 Å². The van der Waals surface area contributed by atoms with Crippen LogP contribution >= 0.6 is 0 Å². The van der Waals surface area contributed by atoms with Crippen molar-refractivity contribution in [1.29, 1.82) is 0 Å². The van der Waals surface area contributed by atoms with Crippen LogP contribution in [0.15, 0.2) is 170 Å². The first-order valence-electron chi connectivity index (χ1n) is 21.3. The molecule has 0 heterocycles. The quantitative estimate of drug-likeness (QED) is 0.0578. The van der Waals surface area contributed by atoms with Gasteiger partial charge >= 0.3 is 23.9 Å². The highest BCUT2D eigenvalue weighted by Crippen LogP contribution is 2.44. The zero-order valence-corrected chi connectivity index (χ0v) is 37.4. The fourth-order valence-corrected chi connectivity index (χ4v) is 8.19. The molecule has 0 bridgehead atoms. The number of hydrogen-bond donors (Lipinski definition) is 0. The monoisotopic (exact) mass is 902 g/mol. The Kier molecular flexibility index (Phi) is 11.3. The average Bonchev–Trinajstić information content (AvgIpc) is 3.32. The van der Waals surface area contributed by atoms with Gasteiger partial charge in [0.15, 0.2) is 0 Å². The van der Waals surface area contributed by atoms with Crippen LogP contribution in [0.1, 0.15) is 27.7 Å². The molecule has 0 N–H and O–H groups in total. The summed E-state index contributed by atoms with van der Waals surface area (Å²) in [5.74, 6) is -2.70. The van der Waals surface area contributed by atoms with E-state index in [9.17, 15) is 19.2 Å². The zero-order valence-electron chi connectivity index (χ0n) is 37.4. The smallest absolute Gasteiger partial charge is 0.338 e. The molecule has 0 aliphatic rings. The van der Waals surface area contributed by atoms with Gasteiger partial charge in [0, 0.05) is 65.4 Å². The van der Waals surface area contributed by atoms with E-state index in [4.69, 9.17) is 18.9 Å². The molecule has 0 aliphatic heterocycles. The zero-order chi connectivity index (χ0) is 48.3. The Bertz CT molecular complexity index is 3560. The van der Waals surface area contributed by atoms with Crippen molar-refractivity contribution >= 4 is 88.5 Å². The molecule has 9 aromatic carbocycles. The van der Waals surface area contributed by atoms with E-state index in [1.807, 2.05) is 24.3 Å². The molecule has 9 rings (SSSR count). The minimum atomic E-state index is -0.651. The molecule has 334 valence electrons. The molecule has 0 spiro atoms. The highest BCUT2D eigenvalue weighted by molar-refractivity contribution is 6.13. The van der Waals surface area contributed by atoms with Crippen LogP contribution in [-0.2, 0) is 19.2 Å². The average molecular weight is 903 g/mol. The third-order valence-electron chi connectivity index (χ3n) is 11.7. The predicted octanol–water partition coefficient (Wildman–Crippen LogP) is 14.1. The molecule has 68 heavy (non-hydrogen) atoms. The summed E-state index contributed by atoms with van der Waals surface area (Å²) in [5.41, 5.74) is 3.09. The maximum atomic E-state index is 17.0. The number of esters is 4. The minimum absolute atomic E-state index is 0.0282. The molecule has 0 unspecified atom stereocenters. The van der Waals surface area contributed by atoms with Gasteiger partial charge in [-0.3, -0.25) is 0 Å². The lowest BCUT2D eigenvalue weighted by Crippen LogP contribution is -2.09. The fourth-order valence-electron chi connectivity index (χ4n) is 8.19. The minimum Gasteiger partial charge on any atom is -0.423 e. The molecule has 8 nitrogen and oxygen atoms in total. The van der Waals surface area contributed by atoms with E-state index in [0.717, 1.165) is 0 Å². The molecular weight excluding hydrogens is 863 g/mol. The van der Waals surface area contributed by atoms with Crippen LogP contribution in [-0.4, -0.2) is 23.9 Å². The van der Waals surface area contributed by atoms with Crippen LogP contribution in [0.25, 0.3) is 86.9 Å². The summed E-state index contributed by atoms with van der Waals surface area (Å²) in [6.45, 7) is 21.0. The normalized spacial score (nSPS) is 11.3. The van der Waals surface area contributed by atoms with Crippen molar-refractivity contribution in [2.45, 2.75) is 27.7 Å². The maximum Gasteiger partial charge on any atom is 0.338 e. The fraction of sp³-hybridized carbons (Fsp3) is 0.0690. The molecule has 0 aromatic heterocycles. The Morgan fingerprint density at radius 1 is 0.353 bits per heavy atom. The van der Waals surface area contributed by atoms with Gasteiger partial charge in [-0.2, -0.15) is 0 Å². The van der Waals surface area contributed by atoms with Gasteiger partial charge < -0.3 is 18.9 Å². The van der Waals surface area contributed by atoms with Crippen LogP contribution in [0.5, 0.6) is 23.0 Å². The molecule has 0 amide bonds. The van der Waals surface area contributed by atoms with Crippen LogP contribution in [0, 0.1) is 11.6 Å². The summed E-state index contributed by atoms with van der Waals surface area (Å²) in [6.07, 6.45) is 0. The second-order valence-corrected chi connectivity index (χ2v) is 16.8.